The molecule has 9 amide bonds. The quantitative estimate of drug-likeness (QED) is 0.0260. The first-order valence-corrected chi connectivity index (χ1v) is 30.1. The van der Waals surface area contributed by atoms with Gasteiger partial charge in [-0.3, -0.25) is 53.1 Å². The van der Waals surface area contributed by atoms with Crippen molar-refractivity contribution in [2.24, 2.45) is 39.9 Å². The summed E-state index contributed by atoms with van der Waals surface area (Å²) in [4.78, 5) is 151. The van der Waals surface area contributed by atoms with Gasteiger partial charge in [-0.2, -0.15) is 0 Å². The van der Waals surface area contributed by atoms with Crippen molar-refractivity contribution in [1.29, 1.82) is 0 Å². The number of aliphatic hydroxyl groups is 2. The minimum Gasteiger partial charge on any atom is -0.480 e. The molecule has 4 heterocycles. The summed E-state index contributed by atoms with van der Waals surface area (Å²) in [5, 5.41) is 47.8. The van der Waals surface area contributed by atoms with Gasteiger partial charge in [-0.25, -0.2) is 4.79 Å². The predicted molar refractivity (Wildman–Crippen MR) is 312 cm³/mol. The molecule has 3 aliphatic heterocycles. The van der Waals surface area contributed by atoms with E-state index in [0.29, 0.717) is 37.7 Å². The average molecular weight is 1200 g/mol. The van der Waals surface area contributed by atoms with E-state index >= 15 is 0 Å². The van der Waals surface area contributed by atoms with E-state index in [0.717, 1.165) is 36.8 Å². The first-order chi connectivity index (χ1) is 41.1. The molecule has 2 saturated heterocycles. The van der Waals surface area contributed by atoms with Crippen LogP contribution in [0.3, 0.4) is 0 Å². The highest BCUT2D eigenvalue weighted by molar-refractivity contribution is 5.99. The van der Waals surface area contributed by atoms with Crippen LogP contribution in [-0.2, 0) is 67.3 Å². The smallest absolute Gasteiger partial charge is 0.326 e. The molecule has 27 nitrogen and oxygen atoms in total. The van der Waals surface area contributed by atoms with Crippen LogP contribution in [0.25, 0.3) is 0 Å². The number of likely N-dealkylation sites (tertiary alicyclic amines) is 2. The SMILES string of the molecule is CC(C)C[C@H](NC(=O)[C@@H](N)Cc1cccnc1)C(=O)N[C@@H](CCCN=C(N)N)C(=O)N1CCC[C@H]1C(=O)N1C[C@H](O)C[C@H]1C(=O)NCC(=O)NC(C(=O)N[C@@H](CO)C(=O)N1Cc2ccccc2C[C@@H]1C(=O)NC(C(=O)O)C1CCCC1)C1CCCC1. The lowest BCUT2D eigenvalue weighted by atomic mass is 9.91. The lowest BCUT2D eigenvalue weighted by Crippen LogP contribution is -2.62. The molecular weight excluding hydrogens is 1110 g/mol. The number of nitrogens with one attached hydrogen (secondary N) is 6. The zero-order valence-electron chi connectivity index (χ0n) is 49.1. The molecule has 2 unspecified atom stereocenters. The number of fused-ring (bicyclic) bond motifs is 1. The molecule has 15 N–H and O–H groups in total. The van der Waals surface area contributed by atoms with Crippen LogP contribution < -0.4 is 49.1 Å². The summed E-state index contributed by atoms with van der Waals surface area (Å²) in [5.41, 5.74) is 19.6. The number of hydrogen-bond acceptors (Lipinski definition) is 15. The van der Waals surface area contributed by atoms with Crippen LogP contribution in [0.2, 0.25) is 0 Å². The van der Waals surface area contributed by atoms with Gasteiger partial charge in [0.15, 0.2) is 5.96 Å². The van der Waals surface area contributed by atoms with Crippen molar-refractivity contribution in [3.8, 4) is 0 Å². The van der Waals surface area contributed by atoms with Gasteiger partial charge in [-0.15, -0.1) is 0 Å². The van der Waals surface area contributed by atoms with Gasteiger partial charge in [0.1, 0.15) is 48.3 Å². The first kappa shape index (κ1) is 65.8. The Balaban J connectivity index is 0.988. The van der Waals surface area contributed by atoms with Crippen LogP contribution in [0, 0.1) is 17.8 Å². The number of aliphatic hydroxyl groups excluding tert-OH is 2. The normalized spacial score (nSPS) is 21.7. The number of benzene rings is 1. The van der Waals surface area contributed by atoms with E-state index in [1.165, 1.54) is 14.7 Å². The van der Waals surface area contributed by atoms with Crippen molar-refractivity contribution in [2.75, 3.05) is 32.8 Å². The minimum atomic E-state index is -1.58. The van der Waals surface area contributed by atoms with Crippen LogP contribution in [-0.4, -0.2) is 193 Å². The van der Waals surface area contributed by atoms with Gasteiger partial charge in [-0.1, -0.05) is 69.9 Å². The summed E-state index contributed by atoms with van der Waals surface area (Å²) in [5.74, 6) is -8.48. The number of nitrogens with zero attached hydrogens (tertiary/aromatic N) is 5. The molecule has 1 aromatic heterocycles. The molecule has 0 radical (unpaired) electrons. The molecule has 1 aromatic carbocycles. The van der Waals surface area contributed by atoms with Gasteiger partial charge in [0.05, 0.1) is 25.3 Å². The van der Waals surface area contributed by atoms with Crippen LogP contribution in [0.4, 0.5) is 0 Å². The second-order valence-corrected chi connectivity index (χ2v) is 23.8. The maximum atomic E-state index is 14.6. The number of hydrogen-bond donors (Lipinski definition) is 12. The van der Waals surface area contributed by atoms with E-state index in [4.69, 9.17) is 17.2 Å². The Hall–Kier alpha value is -7.78. The lowest BCUT2D eigenvalue weighted by molar-refractivity contribution is -0.148. The Bertz CT molecular complexity index is 2770. The molecule has 4 fully saturated rings. The zero-order valence-corrected chi connectivity index (χ0v) is 49.1. The number of β-amino-alcohol motifs (C(OH)–C–C–N with tert-alkyl or cyclic N) is 1. The number of aliphatic carboxylic acids is 1. The van der Waals surface area contributed by atoms with Crippen molar-refractivity contribution in [1.82, 2.24) is 51.6 Å². The van der Waals surface area contributed by atoms with Crippen molar-refractivity contribution >= 4 is 65.1 Å². The van der Waals surface area contributed by atoms with Crippen LogP contribution in [0.5, 0.6) is 0 Å². The number of carboxylic acids is 1. The van der Waals surface area contributed by atoms with E-state index < -0.39 is 139 Å². The maximum Gasteiger partial charge on any atom is 0.326 e. The highest BCUT2D eigenvalue weighted by atomic mass is 16.4. The molecule has 2 aromatic rings. The number of carbonyl (C=O) groups excluding carboxylic acids is 9. The van der Waals surface area contributed by atoms with Gasteiger partial charge < -0.3 is 79.1 Å². The van der Waals surface area contributed by atoms with Gasteiger partial charge in [0.25, 0.3) is 0 Å². The molecule has 7 rings (SSSR count). The van der Waals surface area contributed by atoms with Crippen molar-refractivity contribution in [3.63, 3.8) is 0 Å². The topological polar surface area (TPSA) is 417 Å². The van der Waals surface area contributed by atoms with Gasteiger partial charge in [-0.05, 0) is 105 Å². The summed E-state index contributed by atoms with van der Waals surface area (Å²) in [6.45, 7) is 2.06. The standard InChI is InChI=1S/C59H86N14O13/c1-33(2)24-42(67-50(77)40(60)25-34-12-9-21-63-28-34)51(78)66-41(19-10-22-64-59(61)62)55(82)71-23-11-20-44(71)57(84)73-31-39(75)27-46(73)52(79)65-29-47(76)69-48(35-13-3-4-14-35)54(81)68-43(32-74)56(83)72-30-38-18-8-7-17-37(38)26-45(72)53(80)70-49(58(85)86)36-15-5-6-16-36/h7-9,12,17-18,21,28,33,35-36,39-46,48-49,74-75H,3-6,10-11,13-16,19-20,22-27,29-32,60H2,1-2H3,(H,65,79)(H,66,78)(H,67,77)(H,68,81)(H,69,76)(H,70,80)(H,85,86)(H4,61,62,64)/t39-,40+,41+,42+,43+,44+,45-,46+,48?,49?/m1/s1. The van der Waals surface area contributed by atoms with Crippen LogP contribution in [0.15, 0.2) is 53.8 Å². The summed E-state index contributed by atoms with van der Waals surface area (Å²) in [6.07, 6.45) is 8.51. The van der Waals surface area contributed by atoms with E-state index in [1.54, 1.807) is 42.7 Å². The third-order valence-electron chi connectivity index (χ3n) is 17.1. The van der Waals surface area contributed by atoms with Gasteiger partial charge in [0, 0.05) is 51.4 Å². The average Bonchev–Trinajstić information content (AvgIpc) is 1.85. The Morgan fingerprint density at radius 1 is 0.709 bits per heavy atom. The molecule has 2 aliphatic carbocycles. The predicted octanol–water partition coefficient (Wildman–Crippen LogP) is -2.05. The third kappa shape index (κ3) is 17.4. The van der Waals surface area contributed by atoms with Gasteiger partial charge in [0.2, 0.25) is 53.2 Å². The molecule has 2 saturated carbocycles. The zero-order chi connectivity index (χ0) is 62.2. The molecule has 27 heteroatoms. The number of carbonyl (C=O) groups is 10. The van der Waals surface area contributed by atoms with Crippen molar-refractivity contribution in [3.05, 3.63) is 65.5 Å². The highest BCUT2D eigenvalue weighted by Gasteiger charge is 2.47. The van der Waals surface area contributed by atoms with Crippen LogP contribution in [0.1, 0.15) is 120 Å². The van der Waals surface area contributed by atoms with Crippen molar-refractivity contribution < 1.29 is 63.3 Å². The minimum absolute atomic E-state index is 0.0350. The number of nitrogens with two attached hydrogens (primary N) is 3. The van der Waals surface area contributed by atoms with E-state index in [9.17, 15) is 63.3 Å². The maximum absolute atomic E-state index is 14.6. The largest absolute Gasteiger partial charge is 0.480 e. The Morgan fingerprint density at radius 3 is 2.00 bits per heavy atom. The molecule has 0 bridgehead atoms. The monoisotopic (exact) mass is 1200 g/mol. The van der Waals surface area contributed by atoms with E-state index in [-0.39, 0.29) is 88.9 Å². The number of aromatic nitrogens is 1. The number of amides is 9. The van der Waals surface area contributed by atoms with Crippen LogP contribution >= 0.6 is 0 Å². The number of rotatable bonds is 27. The van der Waals surface area contributed by atoms with Gasteiger partial charge >= 0.3 is 5.97 Å². The van der Waals surface area contributed by atoms with E-state index in [1.807, 2.05) is 19.9 Å². The molecular formula is C59H86N14O13. The second-order valence-electron chi connectivity index (χ2n) is 23.8. The lowest BCUT2D eigenvalue weighted by Gasteiger charge is -2.38. The fraction of sp³-hybridized carbons (Fsp3) is 0.627. The summed E-state index contributed by atoms with van der Waals surface area (Å²) < 4.78 is 0. The molecule has 470 valence electrons. The molecule has 5 aliphatic rings. The fourth-order valence-electron chi connectivity index (χ4n) is 12.6. The second kappa shape index (κ2) is 31.0. The summed E-state index contributed by atoms with van der Waals surface area (Å²) in [6, 6.07) is -0.218. The Kier molecular flexibility index (Phi) is 23.7. The first-order valence-electron chi connectivity index (χ1n) is 30.1. The third-order valence-corrected chi connectivity index (χ3v) is 17.1. The molecule has 10 atom stereocenters. The summed E-state index contributed by atoms with van der Waals surface area (Å²) >= 11 is 0. The number of pyridine rings is 1. The van der Waals surface area contributed by atoms with E-state index in [2.05, 4.69) is 41.9 Å². The fourth-order valence-corrected chi connectivity index (χ4v) is 12.6. The number of guanidine groups is 1. The number of carboxylic acid groups (broad SMARTS) is 1. The Labute approximate surface area is 500 Å². The van der Waals surface area contributed by atoms with Crippen molar-refractivity contribution in [2.45, 2.75) is 184 Å². The summed E-state index contributed by atoms with van der Waals surface area (Å²) in [7, 11) is 0. The number of aliphatic imine (C=N–C) groups is 1. The Morgan fingerprint density at radius 2 is 1.36 bits per heavy atom. The highest BCUT2D eigenvalue weighted by Crippen LogP contribution is 2.32. The molecule has 0 spiro atoms. The molecule has 86 heavy (non-hydrogen) atoms.